The zero-order chi connectivity index (χ0) is 19.3. The molecule has 0 aliphatic carbocycles. The summed E-state index contributed by atoms with van der Waals surface area (Å²) in [6, 6.07) is 24.9. The van der Waals surface area contributed by atoms with E-state index in [0.717, 1.165) is 5.69 Å². The monoisotopic (exact) mass is 371 g/mol. The molecule has 0 aliphatic rings. The number of rotatable bonds is 4. The molecular formula is C22H17N3O3. The lowest BCUT2D eigenvalue weighted by Crippen LogP contribution is -2.22. The van der Waals surface area contributed by atoms with Crippen molar-refractivity contribution in [2.24, 2.45) is 5.10 Å². The molecule has 0 unspecified atom stereocenters. The highest BCUT2D eigenvalue weighted by molar-refractivity contribution is 6.05. The summed E-state index contributed by atoms with van der Waals surface area (Å²) in [6.45, 7) is 0. The second-order valence-corrected chi connectivity index (χ2v) is 6.10. The van der Waals surface area contributed by atoms with Gasteiger partial charge in [-0.2, -0.15) is 0 Å². The summed E-state index contributed by atoms with van der Waals surface area (Å²) in [4.78, 5) is 12.8. The maximum Gasteiger partial charge on any atom is 0.261 e. The minimum Gasteiger partial charge on any atom is -0.508 e. The number of hydrogen-bond acceptors (Lipinski definition) is 5. The maximum absolute atomic E-state index is 12.8. The highest BCUT2D eigenvalue weighted by Gasteiger charge is 2.13. The first kappa shape index (κ1) is 17.4. The predicted octanol–water partition coefficient (Wildman–Crippen LogP) is 4.32. The Bertz CT molecular complexity index is 1190. The first-order valence-corrected chi connectivity index (χ1v) is 8.67. The third-order valence-electron chi connectivity index (χ3n) is 4.07. The van der Waals surface area contributed by atoms with Gasteiger partial charge in [-0.05, 0) is 42.5 Å². The number of aromatic hydroxyl groups is 1. The summed E-state index contributed by atoms with van der Waals surface area (Å²) < 4.78 is 5.80. The van der Waals surface area contributed by atoms with Crippen LogP contribution in [0.4, 0.5) is 11.4 Å². The fraction of sp³-hybridized carbons (Fsp3) is 0. The Morgan fingerprint density at radius 2 is 1.54 bits per heavy atom. The Morgan fingerprint density at radius 3 is 2.25 bits per heavy atom. The first-order valence-electron chi connectivity index (χ1n) is 8.67. The molecule has 0 fully saturated rings. The van der Waals surface area contributed by atoms with E-state index in [9.17, 15) is 9.90 Å². The van der Waals surface area contributed by atoms with Gasteiger partial charge in [0.15, 0.2) is 0 Å². The number of nitrogens with one attached hydrogen (secondary N) is 2. The van der Waals surface area contributed by atoms with Gasteiger partial charge in [-0.3, -0.25) is 10.2 Å². The summed E-state index contributed by atoms with van der Waals surface area (Å²) >= 11 is 0. The van der Waals surface area contributed by atoms with E-state index in [-0.39, 0.29) is 22.8 Å². The van der Waals surface area contributed by atoms with Crippen molar-refractivity contribution >= 4 is 28.3 Å². The van der Waals surface area contributed by atoms with Crippen LogP contribution in [0.5, 0.6) is 5.75 Å². The molecule has 138 valence electrons. The number of phenolic OH excluding ortho intramolecular Hbond substituents is 1. The Hall–Kier alpha value is -4.06. The number of amides is 1. The van der Waals surface area contributed by atoms with E-state index in [2.05, 4.69) is 15.8 Å². The molecule has 6 nitrogen and oxygen atoms in total. The lowest BCUT2D eigenvalue weighted by molar-refractivity contribution is 0.102. The molecule has 28 heavy (non-hydrogen) atoms. The van der Waals surface area contributed by atoms with Crippen LogP contribution >= 0.6 is 0 Å². The van der Waals surface area contributed by atoms with E-state index in [1.54, 1.807) is 24.3 Å². The van der Waals surface area contributed by atoms with Crippen molar-refractivity contribution in [3.63, 3.8) is 0 Å². The summed E-state index contributed by atoms with van der Waals surface area (Å²) in [6.07, 6.45) is 0. The van der Waals surface area contributed by atoms with Crippen LogP contribution in [0.3, 0.4) is 0 Å². The fourth-order valence-electron chi connectivity index (χ4n) is 2.70. The number of carbonyl (C=O) groups is 1. The third-order valence-corrected chi connectivity index (χ3v) is 4.07. The van der Waals surface area contributed by atoms with Crippen LogP contribution in [0.1, 0.15) is 10.4 Å². The molecule has 1 aromatic heterocycles. The third kappa shape index (κ3) is 3.86. The van der Waals surface area contributed by atoms with Crippen molar-refractivity contribution in [2.45, 2.75) is 0 Å². The van der Waals surface area contributed by atoms with Crippen LogP contribution in [-0.4, -0.2) is 11.0 Å². The molecular weight excluding hydrogens is 354 g/mol. The average Bonchev–Trinajstić information content (AvgIpc) is 2.73. The SMILES string of the molecule is O=C(Nc1ccccc1)c1cc2ccc(O)cc2o/c1=N\Nc1ccccc1. The van der Waals surface area contributed by atoms with Crippen LogP contribution in [0.2, 0.25) is 0 Å². The Morgan fingerprint density at radius 1 is 0.857 bits per heavy atom. The van der Waals surface area contributed by atoms with Gasteiger partial charge in [0.1, 0.15) is 16.9 Å². The summed E-state index contributed by atoms with van der Waals surface area (Å²) in [5.74, 6) is -0.279. The van der Waals surface area contributed by atoms with Gasteiger partial charge < -0.3 is 14.8 Å². The molecule has 3 aromatic carbocycles. The normalized spacial score (nSPS) is 11.4. The quantitative estimate of drug-likeness (QED) is 0.466. The highest BCUT2D eigenvalue weighted by atomic mass is 16.3. The predicted molar refractivity (Wildman–Crippen MR) is 108 cm³/mol. The smallest absolute Gasteiger partial charge is 0.261 e. The lowest BCUT2D eigenvalue weighted by Gasteiger charge is -2.07. The van der Waals surface area contributed by atoms with E-state index >= 15 is 0 Å². The summed E-state index contributed by atoms with van der Waals surface area (Å²) in [5.41, 5.74) is 5.10. The van der Waals surface area contributed by atoms with Crippen LogP contribution in [0.15, 0.2) is 94.4 Å². The largest absolute Gasteiger partial charge is 0.508 e. The van der Waals surface area contributed by atoms with Gasteiger partial charge >= 0.3 is 0 Å². The summed E-state index contributed by atoms with van der Waals surface area (Å²) in [7, 11) is 0. The minimum atomic E-state index is -0.349. The van der Waals surface area contributed by atoms with E-state index < -0.39 is 0 Å². The van der Waals surface area contributed by atoms with Gasteiger partial charge in [-0.1, -0.05) is 36.4 Å². The van der Waals surface area contributed by atoms with Crippen LogP contribution in [-0.2, 0) is 0 Å². The molecule has 0 saturated carbocycles. The number of fused-ring (bicyclic) bond motifs is 1. The van der Waals surface area contributed by atoms with Crippen LogP contribution in [0.25, 0.3) is 11.0 Å². The Balaban J connectivity index is 1.78. The average molecular weight is 371 g/mol. The zero-order valence-corrected chi connectivity index (χ0v) is 14.8. The van der Waals surface area contributed by atoms with Crippen molar-refractivity contribution < 1.29 is 14.3 Å². The molecule has 6 heteroatoms. The van der Waals surface area contributed by atoms with E-state index in [1.807, 2.05) is 48.5 Å². The molecule has 4 rings (SSSR count). The summed E-state index contributed by atoms with van der Waals surface area (Å²) in [5, 5.41) is 17.5. The minimum absolute atomic E-state index is 0.0692. The van der Waals surface area contributed by atoms with Gasteiger partial charge in [-0.25, -0.2) is 0 Å². The molecule has 0 radical (unpaired) electrons. The molecule has 3 N–H and O–H groups in total. The number of benzene rings is 3. The molecule has 0 atom stereocenters. The molecule has 0 saturated heterocycles. The van der Waals surface area contributed by atoms with Gasteiger partial charge in [0, 0.05) is 17.1 Å². The zero-order valence-electron chi connectivity index (χ0n) is 14.8. The maximum atomic E-state index is 12.8. The highest BCUT2D eigenvalue weighted by Crippen LogP contribution is 2.20. The molecule has 0 bridgehead atoms. The molecule has 1 heterocycles. The number of anilines is 2. The van der Waals surface area contributed by atoms with Gasteiger partial charge in [-0.15, -0.1) is 5.10 Å². The number of para-hydroxylation sites is 2. The number of phenols is 1. The second-order valence-electron chi connectivity index (χ2n) is 6.10. The Kier molecular flexibility index (Phi) is 4.76. The van der Waals surface area contributed by atoms with Gasteiger partial charge in [0.2, 0.25) is 5.55 Å². The molecule has 0 aliphatic heterocycles. The van der Waals surface area contributed by atoms with Crippen molar-refractivity contribution in [2.75, 3.05) is 10.7 Å². The van der Waals surface area contributed by atoms with E-state index in [4.69, 9.17) is 4.42 Å². The molecule has 0 spiro atoms. The lowest BCUT2D eigenvalue weighted by atomic mass is 10.1. The van der Waals surface area contributed by atoms with Gasteiger partial charge in [0.25, 0.3) is 5.91 Å². The standard InChI is InChI=1S/C22H17N3O3/c26-18-12-11-15-13-19(21(27)23-16-7-3-1-4-8-16)22(28-20(15)14-18)25-24-17-9-5-2-6-10-17/h1-14,24,26H,(H,23,27)/b25-22-. The molecule has 4 aromatic rings. The van der Waals surface area contributed by atoms with Crippen LogP contribution in [0, 0.1) is 0 Å². The second kappa shape index (κ2) is 7.67. The van der Waals surface area contributed by atoms with E-state index in [1.165, 1.54) is 12.1 Å². The number of carbonyl (C=O) groups excluding carboxylic acids is 1. The van der Waals surface area contributed by atoms with Crippen molar-refractivity contribution in [1.29, 1.82) is 0 Å². The van der Waals surface area contributed by atoms with E-state index in [0.29, 0.717) is 16.7 Å². The van der Waals surface area contributed by atoms with Crippen LogP contribution < -0.4 is 16.3 Å². The number of nitrogens with zero attached hydrogens (tertiary/aromatic N) is 1. The van der Waals surface area contributed by atoms with Crippen molar-refractivity contribution in [3.05, 3.63) is 96.0 Å². The van der Waals surface area contributed by atoms with Gasteiger partial charge in [0.05, 0.1) is 5.69 Å². The van der Waals surface area contributed by atoms with Crippen molar-refractivity contribution in [3.8, 4) is 5.75 Å². The topological polar surface area (TPSA) is 86.9 Å². The first-order chi connectivity index (χ1) is 13.7. The Labute approximate surface area is 160 Å². The molecule has 1 amide bonds. The fourth-order valence-corrected chi connectivity index (χ4v) is 2.70. The van der Waals surface area contributed by atoms with Crippen molar-refractivity contribution in [1.82, 2.24) is 0 Å². The number of hydrogen-bond donors (Lipinski definition) is 3.